The molecule has 9 nitrogen and oxygen atoms in total. The van der Waals surface area contributed by atoms with Gasteiger partial charge in [-0.2, -0.15) is 9.97 Å². The number of ether oxygens (including phenoxy) is 1. The van der Waals surface area contributed by atoms with Crippen LogP contribution in [0.2, 0.25) is 0 Å². The molecule has 0 unspecified atom stereocenters. The summed E-state index contributed by atoms with van der Waals surface area (Å²) in [4.78, 5) is 21.1. The van der Waals surface area contributed by atoms with Crippen LogP contribution in [0.4, 0.5) is 14.7 Å². The molecule has 34 heavy (non-hydrogen) atoms. The van der Waals surface area contributed by atoms with Crippen molar-refractivity contribution >= 4 is 28.1 Å². The summed E-state index contributed by atoms with van der Waals surface area (Å²) in [5, 5.41) is 14.2. The second-order valence-electron chi connectivity index (χ2n) is 9.13. The van der Waals surface area contributed by atoms with Crippen molar-refractivity contribution in [3.8, 4) is 17.0 Å². The number of nitrogens with one attached hydrogen (secondary N) is 2. The van der Waals surface area contributed by atoms with Crippen molar-refractivity contribution in [3.05, 3.63) is 24.3 Å². The van der Waals surface area contributed by atoms with Gasteiger partial charge in [-0.1, -0.05) is 0 Å². The molecule has 1 aliphatic carbocycles. The number of H-pyrrole nitrogens is 1. The summed E-state index contributed by atoms with van der Waals surface area (Å²) in [5.41, 5.74) is 2.40. The number of aromatic nitrogens is 6. The molecule has 180 valence electrons. The number of hydrogen-bond donors (Lipinski definition) is 3. The Labute approximate surface area is 194 Å². The average Bonchev–Trinajstić information content (AvgIpc) is 3.35. The lowest BCUT2D eigenvalue weighted by molar-refractivity contribution is 0.0195. The number of aromatic amines is 1. The lowest BCUT2D eigenvalue weighted by Gasteiger charge is -2.33. The van der Waals surface area contributed by atoms with Gasteiger partial charge >= 0.3 is 0 Å². The van der Waals surface area contributed by atoms with E-state index >= 15 is 0 Å². The van der Waals surface area contributed by atoms with Crippen LogP contribution in [0.5, 0.6) is 5.88 Å². The summed E-state index contributed by atoms with van der Waals surface area (Å²) in [7, 11) is 1.54. The topological polar surface area (TPSA) is 114 Å². The van der Waals surface area contributed by atoms with Crippen LogP contribution in [0.3, 0.4) is 0 Å². The van der Waals surface area contributed by atoms with E-state index in [2.05, 4.69) is 30.2 Å². The van der Waals surface area contributed by atoms with Crippen molar-refractivity contribution in [2.75, 3.05) is 12.4 Å². The maximum absolute atomic E-state index is 13.1. The number of aliphatic hydroxyl groups is 1. The van der Waals surface area contributed by atoms with Crippen LogP contribution >= 0.6 is 0 Å². The summed E-state index contributed by atoms with van der Waals surface area (Å²) in [6.07, 6.45) is 4.02. The molecule has 1 fully saturated rings. The number of rotatable bonds is 6. The second-order valence-corrected chi connectivity index (χ2v) is 9.13. The minimum Gasteiger partial charge on any atom is -0.480 e. The summed E-state index contributed by atoms with van der Waals surface area (Å²) in [5.74, 6) is 1.33. The van der Waals surface area contributed by atoms with Crippen LogP contribution < -0.4 is 10.1 Å². The van der Waals surface area contributed by atoms with E-state index in [1.807, 2.05) is 6.92 Å². The highest BCUT2D eigenvalue weighted by molar-refractivity contribution is 5.98. The fourth-order valence-electron chi connectivity index (χ4n) is 4.64. The van der Waals surface area contributed by atoms with Gasteiger partial charge in [0.2, 0.25) is 11.8 Å². The van der Waals surface area contributed by atoms with Crippen LogP contribution in [-0.2, 0) is 6.54 Å². The first-order chi connectivity index (χ1) is 16.2. The van der Waals surface area contributed by atoms with Gasteiger partial charge < -0.3 is 24.7 Å². The first-order valence-electron chi connectivity index (χ1n) is 11.3. The number of imidazole rings is 1. The smallest absolute Gasteiger partial charge is 0.256 e. The lowest BCUT2D eigenvalue weighted by atomic mass is 9.84. The molecule has 4 heterocycles. The van der Waals surface area contributed by atoms with E-state index in [1.54, 1.807) is 32.5 Å². The number of alkyl halides is 2. The molecule has 1 saturated carbocycles. The SMILES string of the molecule is COc1nc(NC2CCC(C)(O)CC2)nc2[nH]cc(-c3cnc4nc(C)n(CC(F)F)c4c3)c12. The van der Waals surface area contributed by atoms with Crippen molar-refractivity contribution in [3.63, 3.8) is 0 Å². The Kier molecular flexibility index (Phi) is 5.59. The van der Waals surface area contributed by atoms with Gasteiger partial charge in [-0.05, 0) is 45.6 Å². The predicted octanol–water partition coefficient (Wildman–Crippen LogP) is 4.06. The zero-order valence-corrected chi connectivity index (χ0v) is 19.3. The number of anilines is 1. The highest BCUT2D eigenvalue weighted by Gasteiger charge is 2.29. The summed E-state index contributed by atoms with van der Waals surface area (Å²) < 4.78 is 33.3. The van der Waals surface area contributed by atoms with Gasteiger partial charge in [-0.15, -0.1) is 0 Å². The summed E-state index contributed by atoms with van der Waals surface area (Å²) in [6, 6.07) is 1.97. The average molecular weight is 472 g/mol. The first-order valence-corrected chi connectivity index (χ1v) is 11.3. The molecular formula is C23H27F2N7O2. The minimum atomic E-state index is -2.50. The normalized spacial score (nSPS) is 21.0. The molecule has 0 spiro atoms. The molecule has 1 aliphatic rings. The zero-order valence-electron chi connectivity index (χ0n) is 19.3. The summed E-state index contributed by atoms with van der Waals surface area (Å²) >= 11 is 0. The predicted molar refractivity (Wildman–Crippen MR) is 124 cm³/mol. The molecule has 0 saturated heterocycles. The Balaban J connectivity index is 1.51. The Morgan fingerprint density at radius 2 is 2.06 bits per heavy atom. The van der Waals surface area contributed by atoms with Gasteiger partial charge in [-0.3, -0.25) is 0 Å². The largest absolute Gasteiger partial charge is 0.480 e. The van der Waals surface area contributed by atoms with E-state index in [-0.39, 0.29) is 6.04 Å². The van der Waals surface area contributed by atoms with E-state index in [0.717, 1.165) is 18.4 Å². The van der Waals surface area contributed by atoms with Gasteiger partial charge in [0.05, 0.1) is 30.2 Å². The molecule has 0 aliphatic heterocycles. The van der Waals surface area contributed by atoms with Crippen molar-refractivity contribution < 1.29 is 18.6 Å². The molecule has 3 N–H and O–H groups in total. The number of halogens is 2. The van der Waals surface area contributed by atoms with E-state index in [4.69, 9.17) is 4.74 Å². The fourth-order valence-corrected chi connectivity index (χ4v) is 4.64. The molecule has 0 bridgehead atoms. The highest BCUT2D eigenvalue weighted by Crippen LogP contribution is 2.36. The zero-order chi connectivity index (χ0) is 24.0. The third kappa shape index (κ3) is 4.15. The van der Waals surface area contributed by atoms with Gasteiger partial charge in [0.25, 0.3) is 6.43 Å². The molecule has 0 radical (unpaired) electrons. The Bertz CT molecular complexity index is 1340. The number of pyridine rings is 1. The third-order valence-electron chi connectivity index (χ3n) is 6.52. The van der Waals surface area contributed by atoms with Gasteiger partial charge in [0.1, 0.15) is 11.5 Å². The Morgan fingerprint density at radius 3 is 2.76 bits per heavy atom. The number of aryl methyl sites for hydroxylation is 1. The Hall–Kier alpha value is -3.34. The maximum atomic E-state index is 13.1. The quantitative estimate of drug-likeness (QED) is 0.389. The number of hydrogen-bond acceptors (Lipinski definition) is 7. The number of fused-ring (bicyclic) bond motifs is 2. The van der Waals surface area contributed by atoms with Crippen molar-refractivity contribution in [2.24, 2.45) is 0 Å². The minimum absolute atomic E-state index is 0.168. The molecule has 0 amide bonds. The van der Waals surface area contributed by atoms with Gasteiger partial charge in [-0.25, -0.2) is 18.7 Å². The molecule has 5 rings (SSSR count). The van der Waals surface area contributed by atoms with Crippen LogP contribution in [0.1, 0.15) is 38.4 Å². The van der Waals surface area contributed by atoms with Crippen molar-refractivity contribution in [1.29, 1.82) is 0 Å². The number of nitrogens with zero attached hydrogens (tertiary/aromatic N) is 5. The molecule has 4 aromatic heterocycles. The monoisotopic (exact) mass is 471 g/mol. The Morgan fingerprint density at radius 1 is 1.29 bits per heavy atom. The van der Waals surface area contributed by atoms with Crippen LogP contribution in [0.25, 0.3) is 33.3 Å². The molecule has 0 atom stereocenters. The lowest BCUT2D eigenvalue weighted by Crippen LogP contribution is -2.36. The number of methoxy groups -OCH3 is 1. The first kappa shape index (κ1) is 22.5. The second kappa shape index (κ2) is 8.46. The van der Waals surface area contributed by atoms with Crippen LogP contribution in [-0.4, -0.2) is 59.8 Å². The summed E-state index contributed by atoms with van der Waals surface area (Å²) in [6.45, 7) is 3.11. The standard InChI is InChI=1S/C23H27F2N7O2/c1-12-28-19-16(32(12)11-17(24)25)8-13(9-26-19)15-10-27-20-18(15)21(34-3)31-22(30-20)29-14-4-6-23(2,33)7-5-14/h8-10,14,17,33H,4-7,11H2,1-3H3,(H2,27,29,30,31). The van der Waals surface area contributed by atoms with Crippen molar-refractivity contribution in [1.82, 2.24) is 29.5 Å². The van der Waals surface area contributed by atoms with Crippen LogP contribution in [0.15, 0.2) is 18.5 Å². The molecule has 4 aromatic rings. The van der Waals surface area contributed by atoms with Crippen molar-refractivity contribution in [2.45, 2.75) is 64.1 Å². The van der Waals surface area contributed by atoms with E-state index in [9.17, 15) is 13.9 Å². The molecule has 11 heteroatoms. The van der Waals surface area contributed by atoms with E-state index in [1.165, 1.54) is 4.57 Å². The van der Waals surface area contributed by atoms with E-state index in [0.29, 0.717) is 58.3 Å². The van der Waals surface area contributed by atoms with Crippen LogP contribution in [0, 0.1) is 6.92 Å². The highest BCUT2D eigenvalue weighted by atomic mass is 19.3. The fraction of sp³-hybridized carbons (Fsp3) is 0.478. The molecular weight excluding hydrogens is 444 g/mol. The van der Waals surface area contributed by atoms with Gasteiger partial charge in [0, 0.05) is 29.6 Å². The third-order valence-corrected chi connectivity index (χ3v) is 6.52. The molecule has 0 aromatic carbocycles. The maximum Gasteiger partial charge on any atom is 0.256 e. The van der Waals surface area contributed by atoms with Gasteiger partial charge in [0.15, 0.2) is 5.65 Å². The van der Waals surface area contributed by atoms with E-state index < -0.39 is 18.6 Å².